The van der Waals surface area contributed by atoms with Crippen LogP contribution in [0.5, 0.6) is 0 Å². The highest BCUT2D eigenvalue weighted by atomic mass is 16.4. The zero-order valence-electron chi connectivity index (χ0n) is 12.4. The molecule has 1 aromatic heterocycles. The second kappa shape index (κ2) is 6.60. The van der Waals surface area contributed by atoms with Crippen molar-refractivity contribution in [1.29, 1.82) is 0 Å². The zero-order valence-corrected chi connectivity index (χ0v) is 12.4. The van der Waals surface area contributed by atoms with Crippen LogP contribution in [0.25, 0.3) is 0 Å². The molecule has 2 unspecified atom stereocenters. The topological polar surface area (TPSA) is 107 Å². The normalized spacial score (nSPS) is 21.8. The first-order valence-electron chi connectivity index (χ1n) is 7.28. The number of aromatic amines is 1. The second-order valence-electron chi connectivity index (χ2n) is 5.63. The molecule has 0 aromatic carbocycles. The van der Waals surface area contributed by atoms with E-state index in [4.69, 9.17) is 0 Å². The van der Waals surface area contributed by atoms with Gasteiger partial charge in [-0.3, -0.25) is 9.89 Å². The van der Waals surface area contributed by atoms with Gasteiger partial charge in [-0.25, -0.2) is 4.79 Å². The number of carboxylic acids is 1. The number of rotatable bonds is 4. The minimum atomic E-state index is -0.761. The smallest absolute Gasteiger partial charge is 0.319 e. The summed E-state index contributed by atoms with van der Waals surface area (Å²) >= 11 is 0. The third-order valence-corrected chi connectivity index (χ3v) is 4.12. The fraction of sp³-hybridized carbons (Fsp3) is 0.643. The Hall–Kier alpha value is -2.05. The molecular weight excluding hydrogens is 272 g/mol. The van der Waals surface area contributed by atoms with Gasteiger partial charge in [-0.05, 0) is 32.6 Å². The predicted molar refractivity (Wildman–Crippen MR) is 78.2 cm³/mol. The molecule has 116 valence electrons. The minimum Gasteiger partial charge on any atom is -0.481 e. The molecule has 1 aliphatic carbocycles. The van der Waals surface area contributed by atoms with Crippen molar-refractivity contribution in [3.8, 4) is 0 Å². The molecule has 1 heterocycles. The quantitative estimate of drug-likeness (QED) is 0.681. The van der Waals surface area contributed by atoms with E-state index in [2.05, 4.69) is 20.8 Å². The lowest BCUT2D eigenvalue weighted by Crippen LogP contribution is -2.39. The van der Waals surface area contributed by atoms with Gasteiger partial charge in [0.05, 0.1) is 23.0 Å². The van der Waals surface area contributed by atoms with E-state index in [1.54, 1.807) is 6.92 Å². The Kier molecular flexibility index (Phi) is 4.82. The zero-order chi connectivity index (χ0) is 15.4. The number of anilines is 1. The second-order valence-corrected chi connectivity index (χ2v) is 5.63. The first-order chi connectivity index (χ1) is 9.99. The maximum Gasteiger partial charge on any atom is 0.319 e. The van der Waals surface area contributed by atoms with Crippen LogP contribution in [0.1, 0.15) is 37.1 Å². The molecule has 2 amide bonds. The standard InChI is InChI=1S/C14H22N4O3/c1-8-12(9(2)18-17-8)16-14(21)15-7-10-5-3-4-6-11(10)13(19)20/h10-11H,3-7H2,1-2H3,(H,17,18)(H,19,20)(H2,15,16,21). The first-order valence-corrected chi connectivity index (χ1v) is 7.28. The van der Waals surface area contributed by atoms with Crippen LogP contribution < -0.4 is 10.6 Å². The number of aryl methyl sites for hydroxylation is 2. The summed E-state index contributed by atoms with van der Waals surface area (Å²) in [4.78, 5) is 23.1. The van der Waals surface area contributed by atoms with Gasteiger partial charge in [-0.15, -0.1) is 0 Å². The Morgan fingerprint density at radius 3 is 2.67 bits per heavy atom. The largest absolute Gasteiger partial charge is 0.481 e. The molecule has 1 fully saturated rings. The number of H-pyrrole nitrogens is 1. The molecule has 7 nitrogen and oxygen atoms in total. The van der Waals surface area contributed by atoms with Crippen molar-refractivity contribution in [1.82, 2.24) is 15.5 Å². The average Bonchev–Trinajstić information content (AvgIpc) is 2.77. The van der Waals surface area contributed by atoms with Gasteiger partial charge in [0.2, 0.25) is 0 Å². The van der Waals surface area contributed by atoms with Gasteiger partial charge in [-0.1, -0.05) is 12.8 Å². The summed E-state index contributed by atoms with van der Waals surface area (Å²) in [5, 5.41) is 21.5. The van der Waals surface area contributed by atoms with Crippen LogP contribution in [-0.4, -0.2) is 33.8 Å². The number of carbonyl (C=O) groups excluding carboxylic acids is 1. The molecule has 1 aliphatic rings. The van der Waals surface area contributed by atoms with Crippen molar-refractivity contribution in [3.05, 3.63) is 11.4 Å². The SMILES string of the molecule is Cc1n[nH]c(C)c1NC(=O)NCC1CCCCC1C(=O)O. The van der Waals surface area contributed by atoms with E-state index in [1.807, 2.05) is 6.92 Å². The van der Waals surface area contributed by atoms with Crippen molar-refractivity contribution < 1.29 is 14.7 Å². The highest BCUT2D eigenvalue weighted by molar-refractivity contribution is 5.90. The van der Waals surface area contributed by atoms with Gasteiger partial charge in [0.25, 0.3) is 0 Å². The fourth-order valence-electron chi connectivity index (χ4n) is 2.89. The highest BCUT2D eigenvalue weighted by Crippen LogP contribution is 2.29. The summed E-state index contributed by atoms with van der Waals surface area (Å²) in [7, 11) is 0. The molecule has 0 radical (unpaired) electrons. The van der Waals surface area contributed by atoms with E-state index in [0.29, 0.717) is 18.7 Å². The van der Waals surface area contributed by atoms with Crippen molar-refractivity contribution >= 4 is 17.7 Å². The van der Waals surface area contributed by atoms with E-state index in [0.717, 1.165) is 30.7 Å². The number of carboxylic acid groups (broad SMARTS) is 1. The molecule has 0 saturated heterocycles. The lowest BCUT2D eigenvalue weighted by molar-refractivity contribution is -0.144. The van der Waals surface area contributed by atoms with Crippen molar-refractivity contribution in [2.24, 2.45) is 11.8 Å². The Morgan fingerprint density at radius 1 is 1.33 bits per heavy atom. The van der Waals surface area contributed by atoms with E-state index >= 15 is 0 Å². The molecule has 7 heteroatoms. The van der Waals surface area contributed by atoms with Crippen LogP contribution in [0.4, 0.5) is 10.5 Å². The van der Waals surface area contributed by atoms with Gasteiger partial charge in [0.15, 0.2) is 0 Å². The van der Waals surface area contributed by atoms with Crippen LogP contribution in [-0.2, 0) is 4.79 Å². The number of nitrogens with zero attached hydrogens (tertiary/aromatic N) is 1. The summed E-state index contributed by atoms with van der Waals surface area (Å²) in [6.07, 6.45) is 3.52. The van der Waals surface area contributed by atoms with Crippen LogP contribution in [0.3, 0.4) is 0 Å². The summed E-state index contributed by atoms with van der Waals surface area (Å²) in [5.41, 5.74) is 2.19. The summed E-state index contributed by atoms with van der Waals surface area (Å²) in [5.74, 6) is -1.10. The molecule has 1 aromatic rings. The van der Waals surface area contributed by atoms with E-state index in [9.17, 15) is 14.7 Å². The molecule has 0 bridgehead atoms. The third kappa shape index (κ3) is 3.74. The Balaban J connectivity index is 1.87. The number of nitrogens with one attached hydrogen (secondary N) is 3. The molecular formula is C14H22N4O3. The average molecular weight is 294 g/mol. The molecule has 2 atom stereocenters. The third-order valence-electron chi connectivity index (χ3n) is 4.12. The number of hydrogen-bond donors (Lipinski definition) is 4. The monoisotopic (exact) mass is 294 g/mol. The highest BCUT2D eigenvalue weighted by Gasteiger charge is 2.30. The maximum absolute atomic E-state index is 11.9. The summed E-state index contributed by atoms with van der Waals surface area (Å²) < 4.78 is 0. The van der Waals surface area contributed by atoms with Crippen LogP contribution in [0, 0.1) is 25.7 Å². The molecule has 4 N–H and O–H groups in total. The Bertz CT molecular complexity index is 507. The van der Waals surface area contributed by atoms with Crippen LogP contribution in [0.2, 0.25) is 0 Å². The number of amides is 2. The van der Waals surface area contributed by atoms with E-state index in [1.165, 1.54) is 0 Å². The van der Waals surface area contributed by atoms with Crippen LogP contribution in [0.15, 0.2) is 0 Å². The Labute approximate surface area is 123 Å². The molecule has 0 spiro atoms. The van der Waals surface area contributed by atoms with Crippen molar-refractivity contribution in [2.45, 2.75) is 39.5 Å². The van der Waals surface area contributed by atoms with Crippen molar-refractivity contribution in [2.75, 3.05) is 11.9 Å². The van der Waals surface area contributed by atoms with Gasteiger partial charge in [0.1, 0.15) is 0 Å². The number of aromatic nitrogens is 2. The fourth-order valence-corrected chi connectivity index (χ4v) is 2.89. The van der Waals surface area contributed by atoms with Crippen LogP contribution >= 0.6 is 0 Å². The predicted octanol–water partition coefficient (Wildman–Crippen LogP) is 2.04. The van der Waals surface area contributed by atoms with Crippen molar-refractivity contribution in [3.63, 3.8) is 0 Å². The minimum absolute atomic E-state index is 0.00791. The maximum atomic E-state index is 11.9. The molecule has 0 aliphatic heterocycles. The summed E-state index contributed by atoms with van der Waals surface area (Å²) in [6.45, 7) is 4.02. The lowest BCUT2D eigenvalue weighted by atomic mass is 9.79. The van der Waals surface area contributed by atoms with E-state index in [-0.39, 0.29) is 17.9 Å². The first kappa shape index (κ1) is 15.3. The molecule has 2 rings (SSSR count). The molecule has 1 saturated carbocycles. The summed E-state index contributed by atoms with van der Waals surface area (Å²) in [6, 6.07) is -0.322. The van der Waals surface area contributed by atoms with Gasteiger partial charge >= 0.3 is 12.0 Å². The van der Waals surface area contributed by atoms with Gasteiger partial charge in [0, 0.05) is 6.54 Å². The van der Waals surface area contributed by atoms with E-state index < -0.39 is 5.97 Å². The number of urea groups is 1. The lowest BCUT2D eigenvalue weighted by Gasteiger charge is -2.28. The molecule has 21 heavy (non-hydrogen) atoms. The van der Waals surface area contributed by atoms with Gasteiger partial charge in [-0.2, -0.15) is 5.10 Å². The van der Waals surface area contributed by atoms with Gasteiger partial charge < -0.3 is 15.7 Å². The number of carbonyl (C=O) groups is 2. The number of hydrogen-bond acceptors (Lipinski definition) is 3. The number of aliphatic carboxylic acids is 1. The Morgan fingerprint density at radius 2 is 2.05 bits per heavy atom.